The molecule has 160 valence electrons. The molecule has 0 spiro atoms. The quantitative estimate of drug-likeness (QED) is 0.421. The van der Waals surface area contributed by atoms with E-state index < -0.39 is 0 Å². The van der Waals surface area contributed by atoms with Crippen LogP contribution in [0.1, 0.15) is 42.7 Å². The Kier molecular flexibility index (Phi) is 7.16. The monoisotopic (exact) mass is 452 g/mol. The molecule has 4 rings (SSSR count). The van der Waals surface area contributed by atoms with Gasteiger partial charge in [0.15, 0.2) is 0 Å². The lowest BCUT2D eigenvalue weighted by molar-refractivity contribution is 0.158. The molecule has 1 aliphatic carbocycles. The number of benzene rings is 3. The van der Waals surface area contributed by atoms with Crippen molar-refractivity contribution in [2.24, 2.45) is 0 Å². The van der Waals surface area contributed by atoms with Crippen LogP contribution in [-0.4, -0.2) is 17.0 Å². The van der Waals surface area contributed by atoms with Gasteiger partial charge >= 0.3 is 6.03 Å². The van der Waals surface area contributed by atoms with Crippen LogP contribution in [0.5, 0.6) is 0 Å². The highest BCUT2D eigenvalue weighted by Crippen LogP contribution is 2.35. The zero-order valence-electron chi connectivity index (χ0n) is 17.3. The van der Waals surface area contributed by atoms with Crippen LogP contribution in [0.15, 0.2) is 78.9 Å². The molecule has 1 fully saturated rings. The third-order valence-electron chi connectivity index (χ3n) is 6.04. The summed E-state index contributed by atoms with van der Waals surface area (Å²) in [5.74, 6) is 0.557. The van der Waals surface area contributed by atoms with E-state index in [0.29, 0.717) is 28.2 Å². The Hall–Kier alpha value is -2.49. The van der Waals surface area contributed by atoms with Gasteiger partial charge in [-0.15, -0.1) is 0 Å². The predicted octanol–water partition coefficient (Wildman–Crippen LogP) is 7.75. The molecule has 1 saturated carbocycles. The van der Waals surface area contributed by atoms with E-state index in [1.165, 1.54) is 5.56 Å². The highest BCUT2D eigenvalue weighted by Gasteiger charge is 2.30. The van der Waals surface area contributed by atoms with E-state index in [4.69, 9.17) is 23.2 Å². The number of carbonyl (C=O) groups is 1. The van der Waals surface area contributed by atoms with Crippen molar-refractivity contribution < 1.29 is 4.79 Å². The molecule has 0 saturated heterocycles. The van der Waals surface area contributed by atoms with Gasteiger partial charge < -0.3 is 10.2 Å². The van der Waals surface area contributed by atoms with Gasteiger partial charge in [-0.25, -0.2) is 4.79 Å². The maximum Gasteiger partial charge on any atom is 0.322 e. The second-order valence-electron chi connectivity index (χ2n) is 8.08. The van der Waals surface area contributed by atoms with Gasteiger partial charge in [0.1, 0.15) is 0 Å². The lowest BCUT2D eigenvalue weighted by Crippen LogP contribution is -2.44. The molecule has 1 N–H and O–H groups in total. The van der Waals surface area contributed by atoms with E-state index in [1.807, 2.05) is 23.1 Å². The van der Waals surface area contributed by atoms with Crippen molar-refractivity contribution in [2.45, 2.75) is 44.2 Å². The van der Waals surface area contributed by atoms with Crippen LogP contribution in [0.25, 0.3) is 0 Å². The van der Waals surface area contributed by atoms with Crippen molar-refractivity contribution in [1.82, 2.24) is 4.90 Å². The first-order valence-electron chi connectivity index (χ1n) is 10.7. The van der Waals surface area contributed by atoms with Gasteiger partial charge in [-0.05, 0) is 60.9 Å². The number of hydrogen-bond acceptors (Lipinski definition) is 1. The lowest BCUT2D eigenvalue weighted by atomic mass is 9.81. The molecule has 3 nitrogen and oxygen atoms in total. The summed E-state index contributed by atoms with van der Waals surface area (Å²) in [6.45, 7) is 0.561. The molecule has 5 heteroatoms. The fourth-order valence-electron chi connectivity index (χ4n) is 4.37. The van der Waals surface area contributed by atoms with Crippen LogP contribution < -0.4 is 5.32 Å². The van der Waals surface area contributed by atoms with Gasteiger partial charge in [-0.2, -0.15) is 0 Å². The van der Waals surface area contributed by atoms with Crippen LogP contribution in [0.3, 0.4) is 0 Å². The summed E-state index contributed by atoms with van der Waals surface area (Å²) < 4.78 is 0. The van der Waals surface area contributed by atoms with Gasteiger partial charge in [0, 0.05) is 17.6 Å². The second kappa shape index (κ2) is 10.2. The molecular formula is C26H26Cl2N2O. The molecule has 0 radical (unpaired) electrons. The first-order chi connectivity index (χ1) is 15.1. The minimum absolute atomic E-state index is 0.142. The van der Waals surface area contributed by atoms with Gasteiger partial charge in [-0.3, -0.25) is 0 Å². The van der Waals surface area contributed by atoms with E-state index in [9.17, 15) is 4.79 Å². The number of halogens is 2. The Morgan fingerprint density at radius 2 is 1.52 bits per heavy atom. The standard InChI is InChI=1S/C26H26Cl2N2O/c27-22-13-16-24(28)25(17-22)29-26(31)30(18-19-7-3-1-4-8-19)23-14-11-21(12-15-23)20-9-5-2-6-10-20/h1-10,13,16-17,21,23H,11-12,14-15,18H2,(H,29,31)/t21-,23-. The smallest absolute Gasteiger partial charge is 0.317 e. The lowest BCUT2D eigenvalue weighted by Gasteiger charge is -2.37. The zero-order valence-corrected chi connectivity index (χ0v) is 18.8. The molecule has 0 heterocycles. The average molecular weight is 453 g/mol. The molecule has 0 unspecified atom stereocenters. The van der Waals surface area contributed by atoms with Crippen molar-refractivity contribution >= 4 is 34.9 Å². The third kappa shape index (κ3) is 5.61. The van der Waals surface area contributed by atoms with Crippen LogP contribution in [0.2, 0.25) is 10.0 Å². The summed E-state index contributed by atoms with van der Waals surface area (Å²) in [6, 6.07) is 25.9. The van der Waals surface area contributed by atoms with Gasteiger partial charge in [0.2, 0.25) is 0 Å². The average Bonchev–Trinajstić information content (AvgIpc) is 2.81. The molecule has 31 heavy (non-hydrogen) atoms. The summed E-state index contributed by atoms with van der Waals surface area (Å²) in [6.07, 6.45) is 4.10. The maximum absolute atomic E-state index is 13.3. The van der Waals surface area contributed by atoms with Gasteiger partial charge in [0.05, 0.1) is 10.7 Å². The zero-order chi connectivity index (χ0) is 21.6. The van der Waals surface area contributed by atoms with Gasteiger partial charge in [0.25, 0.3) is 0 Å². The van der Waals surface area contributed by atoms with Crippen LogP contribution in [0, 0.1) is 0 Å². The summed E-state index contributed by atoms with van der Waals surface area (Å²) in [7, 11) is 0. The summed E-state index contributed by atoms with van der Waals surface area (Å²) >= 11 is 12.4. The van der Waals surface area contributed by atoms with E-state index in [1.54, 1.807) is 18.2 Å². The number of hydrogen-bond donors (Lipinski definition) is 1. The second-order valence-corrected chi connectivity index (χ2v) is 8.93. The maximum atomic E-state index is 13.3. The van der Waals surface area contributed by atoms with E-state index in [-0.39, 0.29) is 12.1 Å². The van der Waals surface area contributed by atoms with Crippen LogP contribution in [-0.2, 0) is 6.54 Å². The van der Waals surface area contributed by atoms with E-state index >= 15 is 0 Å². The van der Waals surface area contributed by atoms with Crippen molar-refractivity contribution in [1.29, 1.82) is 0 Å². The van der Waals surface area contributed by atoms with Crippen LogP contribution >= 0.6 is 23.2 Å². The molecule has 3 aromatic carbocycles. The molecule has 0 aromatic heterocycles. The SMILES string of the molecule is O=C(Nc1cc(Cl)ccc1Cl)N(Cc1ccccc1)[C@H]1CC[C@H](c2ccccc2)CC1. The van der Waals surface area contributed by atoms with Crippen molar-refractivity contribution in [3.63, 3.8) is 0 Å². The normalized spacial score (nSPS) is 18.4. The molecule has 0 atom stereocenters. The highest BCUT2D eigenvalue weighted by molar-refractivity contribution is 6.35. The number of anilines is 1. The number of nitrogens with one attached hydrogen (secondary N) is 1. The number of urea groups is 1. The minimum Gasteiger partial charge on any atom is -0.317 e. The molecule has 0 aliphatic heterocycles. The largest absolute Gasteiger partial charge is 0.322 e. The van der Waals surface area contributed by atoms with Crippen molar-refractivity contribution in [2.75, 3.05) is 5.32 Å². The molecule has 2 amide bonds. The molecular weight excluding hydrogens is 427 g/mol. The Balaban J connectivity index is 1.50. The Morgan fingerprint density at radius 3 is 2.19 bits per heavy atom. The minimum atomic E-state index is -0.142. The fourth-order valence-corrected chi connectivity index (χ4v) is 4.71. The number of rotatable bonds is 5. The first-order valence-corrected chi connectivity index (χ1v) is 11.5. The predicted molar refractivity (Wildman–Crippen MR) is 129 cm³/mol. The molecule has 1 aliphatic rings. The topological polar surface area (TPSA) is 32.3 Å². The van der Waals surface area contributed by atoms with Crippen LogP contribution in [0.4, 0.5) is 10.5 Å². The molecule has 0 bridgehead atoms. The fraction of sp³-hybridized carbons (Fsp3) is 0.269. The van der Waals surface area contributed by atoms with Crippen molar-refractivity contribution in [3.05, 3.63) is 100 Å². The van der Waals surface area contributed by atoms with E-state index in [0.717, 1.165) is 31.2 Å². The van der Waals surface area contributed by atoms with Gasteiger partial charge in [-0.1, -0.05) is 83.9 Å². The first kappa shape index (κ1) is 21.7. The highest BCUT2D eigenvalue weighted by atomic mass is 35.5. The number of carbonyl (C=O) groups excluding carboxylic acids is 1. The summed E-state index contributed by atoms with van der Waals surface area (Å²) in [5, 5.41) is 4.00. The Bertz CT molecular complexity index is 1000. The third-order valence-corrected chi connectivity index (χ3v) is 6.60. The van der Waals surface area contributed by atoms with E-state index in [2.05, 4.69) is 47.8 Å². The number of nitrogens with zero attached hydrogens (tertiary/aromatic N) is 1. The Labute approximate surface area is 194 Å². The Morgan fingerprint density at radius 1 is 0.871 bits per heavy atom. The summed E-state index contributed by atoms with van der Waals surface area (Å²) in [5.41, 5.74) is 3.04. The molecule has 3 aromatic rings. The summed E-state index contributed by atoms with van der Waals surface area (Å²) in [4.78, 5) is 15.3. The number of amides is 2. The van der Waals surface area contributed by atoms with Crippen molar-refractivity contribution in [3.8, 4) is 0 Å².